The van der Waals surface area contributed by atoms with E-state index < -0.39 is 0 Å². The molecule has 3 N–H and O–H groups in total. The van der Waals surface area contributed by atoms with Gasteiger partial charge in [0.25, 0.3) is 0 Å². The van der Waals surface area contributed by atoms with Crippen LogP contribution in [0.15, 0.2) is 18.2 Å². The van der Waals surface area contributed by atoms with Crippen molar-refractivity contribution in [3.63, 3.8) is 0 Å². The molecule has 0 saturated heterocycles. The van der Waals surface area contributed by atoms with Gasteiger partial charge in [-0.1, -0.05) is 24.1 Å². The predicted octanol–water partition coefficient (Wildman–Crippen LogP) is 3.27. The van der Waals surface area contributed by atoms with Crippen molar-refractivity contribution >= 4 is 24.0 Å². The third-order valence-corrected chi connectivity index (χ3v) is 3.32. The maximum atomic E-state index is 9.26. The Bertz CT molecular complexity index is 339. The van der Waals surface area contributed by atoms with E-state index in [2.05, 4.69) is 0 Å². The molecule has 0 radical (unpaired) electrons. The summed E-state index contributed by atoms with van der Waals surface area (Å²) in [5.74, 6) is 0.715. The number of hydrogen-bond acceptors (Lipinski definition) is 2. The predicted molar refractivity (Wildman–Crippen MR) is 64.6 cm³/mol. The van der Waals surface area contributed by atoms with Crippen LogP contribution in [0.4, 0.5) is 0 Å². The van der Waals surface area contributed by atoms with E-state index in [-0.39, 0.29) is 24.2 Å². The van der Waals surface area contributed by atoms with Gasteiger partial charge in [-0.15, -0.1) is 12.4 Å². The van der Waals surface area contributed by atoms with E-state index >= 15 is 0 Å². The molecule has 2 nitrogen and oxygen atoms in total. The standard InChI is InChI=1S/C11H14ClNO.ClH/c12-9-6-8(4-5-10(9)14)11(13)7-2-1-3-7;/h4-7,11,14H,1-3,13H2;1H/t11-;/m1./s1. The highest BCUT2D eigenvalue weighted by Crippen LogP contribution is 2.37. The number of rotatable bonds is 2. The summed E-state index contributed by atoms with van der Waals surface area (Å²) in [5, 5.41) is 9.65. The van der Waals surface area contributed by atoms with Crippen molar-refractivity contribution in [2.75, 3.05) is 0 Å². The van der Waals surface area contributed by atoms with Crippen molar-refractivity contribution in [1.82, 2.24) is 0 Å². The van der Waals surface area contributed by atoms with Gasteiger partial charge in [0.05, 0.1) is 5.02 Å². The monoisotopic (exact) mass is 247 g/mol. The summed E-state index contributed by atoms with van der Waals surface area (Å²) in [6, 6.07) is 5.29. The minimum Gasteiger partial charge on any atom is -0.506 e. The van der Waals surface area contributed by atoms with Gasteiger partial charge < -0.3 is 10.8 Å². The van der Waals surface area contributed by atoms with Gasteiger partial charge in [0.1, 0.15) is 5.75 Å². The summed E-state index contributed by atoms with van der Waals surface area (Å²) in [6.45, 7) is 0. The normalized spacial score (nSPS) is 17.7. The summed E-state index contributed by atoms with van der Waals surface area (Å²) in [6.07, 6.45) is 3.70. The SMILES string of the molecule is Cl.N[C@@H](c1ccc(O)c(Cl)c1)C1CCC1. The maximum absolute atomic E-state index is 9.26. The molecule has 0 unspecified atom stereocenters. The van der Waals surface area contributed by atoms with Crippen LogP contribution in [0.25, 0.3) is 0 Å². The average molecular weight is 248 g/mol. The van der Waals surface area contributed by atoms with Crippen molar-refractivity contribution in [2.24, 2.45) is 11.7 Å². The van der Waals surface area contributed by atoms with Crippen LogP contribution in [-0.4, -0.2) is 5.11 Å². The first-order chi connectivity index (χ1) is 6.68. The molecule has 1 aliphatic rings. The Labute approximate surface area is 101 Å². The molecular formula is C11H15Cl2NO. The molecule has 15 heavy (non-hydrogen) atoms. The molecule has 0 aliphatic heterocycles. The van der Waals surface area contributed by atoms with Crippen LogP contribution in [0.3, 0.4) is 0 Å². The zero-order valence-corrected chi connectivity index (χ0v) is 9.89. The molecule has 1 atom stereocenters. The van der Waals surface area contributed by atoms with Gasteiger partial charge in [-0.2, -0.15) is 0 Å². The number of benzene rings is 1. The largest absolute Gasteiger partial charge is 0.506 e. The number of phenolic OH excluding ortho intramolecular Hbond substituents is 1. The molecule has 1 fully saturated rings. The van der Waals surface area contributed by atoms with Crippen LogP contribution in [0.1, 0.15) is 30.9 Å². The molecule has 4 heteroatoms. The highest BCUT2D eigenvalue weighted by atomic mass is 35.5. The minimum atomic E-state index is 0. The average Bonchev–Trinajstić information content (AvgIpc) is 2.06. The lowest BCUT2D eigenvalue weighted by Crippen LogP contribution is -2.26. The van der Waals surface area contributed by atoms with Crippen LogP contribution >= 0.6 is 24.0 Å². The van der Waals surface area contributed by atoms with E-state index in [4.69, 9.17) is 17.3 Å². The smallest absolute Gasteiger partial charge is 0.134 e. The molecule has 0 aromatic heterocycles. The highest BCUT2D eigenvalue weighted by Gasteiger charge is 2.25. The first kappa shape index (κ1) is 12.6. The second-order valence-corrected chi connectivity index (χ2v) is 4.33. The quantitative estimate of drug-likeness (QED) is 0.843. The summed E-state index contributed by atoms with van der Waals surface area (Å²) in [7, 11) is 0. The lowest BCUT2D eigenvalue weighted by Gasteiger charge is -2.31. The maximum Gasteiger partial charge on any atom is 0.134 e. The second kappa shape index (κ2) is 5.06. The Hall–Kier alpha value is -0.440. The molecule has 1 aliphatic carbocycles. The Morgan fingerprint density at radius 1 is 1.40 bits per heavy atom. The first-order valence-corrected chi connectivity index (χ1v) is 5.30. The molecule has 2 rings (SSSR count). The van der Waals surface area contributed by atoms with E-state index in [0.717, 1.165) is 5.56 Å². The van der Waals surface area contributed by atoms with E-state index in [1.165, 1.54) is 19.3 Å². The Morgan fingerprint density at radius 2 is 2.07 bits per heavy atom. The second-order valence-electron chi connectivity index (χ2n) is 3.93. The topological polar surface area (TPSA) is 46.2 Å². The zero-order chi connectivity index (χ0) is 10.1. The zero-order valence-electron chi connectivity index (χ0n) is 8.32. The van der Waals surface area contributed by atoms with Crippen molar-refractivity contribution < 1.29 is 5.11 Å². The number of nitrogens with two attached hydrogens (primary N) is 1. The van der Waals surface area contributed by atoms with Gasteiger partial charge in [0, 0.05) is 6.04 Å². The van der Waals surface area contributed by atoms with Crippen molar-refractivity contribution in [1.29, 1.82) is 0 Å². The van der Waals surface area contributed by atoms with Crippen LogP contribution in [0.5, 0.6) is 5.75 Å². The third-order valence-electron chi connectivity index (χ3n) is 3.01. The molecule has 84 valence electrons. The van der Waals surface area contributed by atoms with Gasteiger partial charge in [-0.3, -0.25) is 0 Å². The number of halogens is 2. The lowest BCUT2D eigenvalue weighted by atomic mass is 9.77. The molecule has 1 aromatic carbocycles. The van der Waals surface area contributed by atoms with Crippen LogP contribution in [0.2, 0.25) is 5.02 Å². The van der Waals surface area contributed by atoms with Crippen molar-refractivity contribution in [2.45, 2.75) is 25.3 Å². The van der Waals surface area contributed by atoms with Gasteiger partial charge in [-0.25, -0.2) is 0 Å². The number of phenols is 1. The highest BCUT2D eigenvalue weighted by molar-refractivity contribution is 6.32. The Kier molecular flexibility index (Phi) is 4.26. The third kappa shape index (κ3) is 2.57. The number of aromatic hydroxyl groups is 1. The van der Waals surface area contributed by atoms with E-state index in [0.29, 0.717) is 10.9 Å². The van der Waals surface area contributed by atoms with Gasteiger partial charge in [0.15, 0.2) is 0 Å². The molecule has 0 spiro atoms. The molecule has 0 heterocycles. The molecular weight excluding hydrogens is 233 g/mol. The first-order valence-electron chi connectivity index (χ1n) is 4.92. The fourth-order valence-electron chi connectivity index (χ4n) is 1.80. The fraction of sp³-hybridized carbons (Fsp3) is 0.455. The summed E-state index contributed by atoms with van der Waals surface area (Å²) in [4.78, 5) is 0. The molecule has 0 bridgehead atoms. The summed E-state index contributed by atoms with van der Waals surface area (Å²) >= 11 is 5.82. The van der Waals surface area contributed by atoms with E-state index in [1.54, 1.807) is 12.1 Å². The molecule has 1 saturated carbocycles. The number of hydrogen-bond donors (Lipinski definition) is 2. The van der Waals surface area contributed by atoms with Crippen molar-refractivity contribution in [3.8, 4) is 5.75 Å². The fourth-order valence-corrected chi connectivity index (χ4v) is 1.99. The van der Waals surface area contributed by atoms with Gasteiger partial charge in [0.2, 0.25) is 0 Å². The van der Waals surface area contributed by atoms with E-state index in [9.17, 15) is 5.11 Å². The summed E-state index contributed by atoms with van der Waals surface area (Å²) < 4.78 is 0. The van der Waals surface area contributed by atoms with Gasteiger partial charge >= 0.3 is 0 Å². The van der Waals surface area contributed by atoms with Crippen LogP contribution in [0, 0.1) is 5.92 Å². The van der Waals surface area contributed by atoms with Crippen molar-refractivity contribution in [3.05, 3.63) is 28.8 Å². The lowest BCUT2D eigenvalue weighted by molar-refractivity contribution is 0.264. The molecule has 0 amide bonds. The minimum absolute atomic E-state index is 0. The van der Waals surface area contributed by atoms with Gasteiger partial charge in [-0.05, 0) is 36.5 Å². The van der Waals surface area contributed by atoms with Crippen LogP contribution < -0.4 is 5.73 Å². The Balaban J connectivity index is 0.00000112. The van der Waals surface area contributed by atoms with E-state index in [1.807, 2.05) is 6.07 Å². The summed E-state index contributed by atoms with van der Waals surface area (Å²) in [5.41, 5.74) is 7.10. The van der Waals surface area contributed by atoms with Crippen LogP contribution in [-0.2, 0) is 0 Å². The molecule has 1 aromatic rings. The Morgan fingerprint density at radius 3 is 2.53 bits per heavy atom.